The number of fused-ring (bicyclic) bond motifs is 1. The van der Waals surface area contributed by atoms with Crippen molar-refractivity contribution < 1.29 is 4.79 Å². The number of aromatic nitrogens is 4. The van der Waals surface area contributed by atoms with Crippen molar-refractivity contribution in [2.24, 2.45) is 0 Å². The molecule has 168 valence electrons. The Hall–Kier alpha value is -3.20. The fourth-order valence-electron chi connectivity index (χ4n) is 4.09. The minimum absolute atomic E-state index is 0.00888. The summed E-state index contributed by atoms with van der Waals surface area (Å²) in [6.45, 7) is 6.97. The maximum absolute atomic E-state index is 11.4. The van der Waals surface area contributed by atoms with Gasteiger partial charge in [0.15, 0.2) is 0 Å². The molecule has 1 amide bonds. The van der Waals surface area contributed by atoms with Crippen LogP contribution in [0.2, 0.25) is 5.02 Å². The summed E-state index contributed by atoms with van der Waals surface area (Å²) < 4.78 is 0. The van der Waals surface area contributed by atoms with Gasteiger partial charge in [-0.25, -0.2) is 4.98 Å². The van der Waals surface area contributed by atoms with Crippen LogP contribution < -0.4 is 21.3 Å². The lowest BCUT2D eigenvalue weighted by Gasteiger charge is -2.35. The summed E-state index contributed by atoms with van der Waals surface area (Å²) in [6.07, 6.45) is 1.73. The molecular weight excluding hydrogens is 428 g/mol. The number of piperidine rings is 1. The predicted molar refractivity (Wildman–Crippen MR) is 127 cm³/mol. The Bertz CT molecular complexity index is 1130. The van der Waals surface area contributed by atoms with E-state index in [4.69, 9.17) is 22.3 Å². The smallest absolute Gasteiger partial charge is 0.228 e. The zero-order valence-corrected chi connectivity index (χ0v) is 19.1. The van der Waals surface area contributed by atoms with E-state index in [1.165, 1.54) is 0 Å². The van der Waals surface area contributed by atoms with Crippen LogP contribution in [0.3, 0.4) is 0 Å². The SMILES string of the molecule is CC(=O)NC1CCN(c2nc3ccc(Cl)cc3cc2C(C)Nc2nc(C)nc(N)n2)CC1. The van der Waals surface area contributed by atoms with Gasteiger partial charge in [-0.05, 0) is 51.0 Å². The third-order valence-electron chi connectivity index (χ3n) is 5.56. The van der Waals surface area contributed by atoms with Crippen molar-refractivity contribution in [2.45, 2.75) is 45.7 Å². The molecule has 2 aromatic heterocycles. The minimum atomic E-state index is -0.143. The van der Waals surface area contributed by atoms with E-state index in [1.54, 1.807) is 13.8 Å². The average molecular weight is 455 g/mol. The van der Waals surface area contributed by atoms with E-state index in [0.29, 0.717) is 16.8 Å². The first-order chi connectivity index (χ1) is 15.3. The topological polar surface area (TPSA) is 122 Å². The molecule has 0 bridgehead atoms. The molecule has 1 aliphatic heterocycles. The average Bonchev–Trinajstić information content (AvgIpc) is 2.72. The molecule has 4 rings (SSSR count). The van der Waals surface area contributed by atoms with Crippen LogP contribution >= 0.6 is 11.6 Å². The molecule has 0 saturated carbocycles. The highest BCUT2D eigenvalue weighted by molar-refractivity contribution is 6.31. The van der Waals surface area contributed by atoms with Crippen LogP contribution in [-0.4, -0.2) is 45.0 Å². The Balaban J connectivity index is 1.67. The molecule has 1 fully saturated rings. The molecule has 1 saturated heterocycles. The Morgan fingerprint density at radius 3 is 2.62 bits per heavy atom. The van der Waals surface area contributed by atoms with Gasteiger partial charge in [0.25, 0.3) is 0 Å². The largest absolute Gasteiger partial charge is 0.368 e. The number of nitrogens with one attached hydrogen (secondary N) is 2. The molecule has 4 N–H and O–H groups in total. The van der Waals surface area contributed by atoms with Crippen LogP contribution in [0, 0.1) is 6.92 Å². The number of amides is 1. The van der Waals surface area contributed by atoms with Gasteiger partial charge < -0.3 is 21.3 Å². The minimum Gasteiger partial charge on any atom is -0.368 e. The number of carbonyl (C=O) groups is 1. The number of rotatable bonds is 5. The molecule has 1 unspecified atom stereocenters. The Morgan fingerprint density at radius 2 is 1.94 bits per heavy atom. The number of nitrogens with zero attached hydrogens (tertiary/aromatic N) is 5. The Kier molecular flexibility index (Phi) is 6.27. The molecule has 32 heavy (non-hydrogen) atoms. The van der Waals surface area contributed by atoms with Crippen LogP contribution in [0.1, 0.15) is 44.1 Å². The molecule has 3 aromatic rings. The number of aryl methyl sites for hydroxylation is 1. The monoisotopic (exact) mass is 454 g/mol. The van der Waals surface area contributed by atoms with Crippen LogP contribution in [0.15, 0.2) is 24.3 Å². The molecule has 1 aliphatic rings. The maximum atomic E-state index is 11.4. The van der Waals surface area contributed by atoms with Crippen molar-refractivity contribution in [3.05, 3.63) is 40.7 Å². The van der Waals surface area contributed by atoms with E-state index in [2.05, 4.69) is 36.6 Å². The third-order valence-corrected chi connectivity index (χ3v) is 5.80. The van der Waals surface area contributed by atoms with E-state index < -0.39 is 0 Å². The van der Waals surface area contributed by atoms with E-state index in [-0.39, 0.29) is 23.9 Å². The number of hydrogen-bond acceptors (Lipinski definition) is 8. The van der Waals surface area contributed by atoms with Gasteiger partial charge in [0.1, 0.15) is 11.6 Å². The number of hydrogen-bond donors (Lipinski definition) is 3. The maximum Gasteiger partial charge on any atom is 0.228 e. The number of carbonyl (C=O) groups excluding carboxylic acids is 1. The van der Waals surface area contributed by atoms with Crippen LogP contribution in [-0.2, 0) is 4.79 Å². The van der Waals surface area contributed by atoms with Gasteiger partial charge in [-0.2, -0.15) is 15.0 Å². The lowest BCUT2D eigenvalue weighted by atomic mass is 10.0. The predicted octanol–water partition coefficient (Wildman–Crippen LogP) is 3.24. The first-order valence-corrected chi connectivity index (χ1v) is 11.0. The van der Waals surface area contributed by atoms with Gasteiger partial charge in [-0.15, -0.1) is 0 Å². The second kappa shape index (κ2) is 9.12. The highest BCUT2D eigenvalue weighted by Crippen LogP contribution is 2.32. The number of anilines is 3. The van der Waals surface area contributed by atoms with Gasteiger partial charge in [0, 0.05) is 42.0 Å². The number of pyridine rings is 1. The number of nitrogens with two attached hydrogens (primary N) is 1. The molecular formula is C22H27ClN8O. The standard InChI is InChI=1S/C22H27ClN8O/c1-12(25-22-27-13(2)26-21(24)30-22)18-11-15-10-16(23)4-5-19(15)29-20(18)31-8-6-17(7-9-31)28-14(3)32/h4-5,10-12,17H,6-9H2,1-3H3,(H,28,32)(H3,24,25,26,27,30). The summed E-state index contributed by atoms with van der Waals surface area (Å²) in [5.41, 5.74) is 7.68. The highest BCUT2D eigenvalue weighted by Gasteiger charge is 2.25. The van der Waals surface area contributed by atoms with Gasteiger partial charge >= 0.3 is 0 Å². The lowest BCUT2D eigenvalue weighted by molar-refractivity contribution is -0.119. The molecule has 1 aromatic carbocycles. The number of halogens is 1. The van der Waals surface area contributed by atoms with E-state index in [9.17, 15) is 4.79 Å². The van der Waals surface area contributed by atoms with Gasteiger partial charge in [0.2, 0.25) is 17.8 Å². The van der Waals surface area contributed by atoms with Crippen molar-refractivity contribution >= 4 is 46.1 Å². The van der Waals surface area contributed by atoms with Gasteiger partial charge in [-0.3, -0.25) is 4.79 Å². The number of benzene rings is 1. The van der Waals surface area contributed by atoms with E-state index in [0.717, 1.165) is 48.2 Å². The number of nitrogen functional groups attached to an aromatic ring is 1. The summed E-state index contributed by atoms with van der Waals surface area (Å²) in [4.78, 5) is 31.3. The van der Waals surface area contributed by atoms with Crippen molar-refractivity contribution in [2.75, 3.05) is 29.0 Å². The molecule has 0 aliphatic carbocycles. The molecule has 10 heteroatoms. The van der Waals surface area contributed by atoms with E-state index in [1.807, 2.05) is 25.1 Å². The Morgan fingerprint density at radius 1 is 1.19 bits per heavy atom. The normalized spacial score (nSPS) is 15.6. The van der Waals surface area contributed by atoms with Gasteiger partial charge in [-0.1, -0.05) is 11.6 Å². The van der Waals surface area contributed by atoms with Crippen molar-refractivity contribution in [1.82, 2.24) is 25.3 Å². The summed E-state index contributed by atoms with van der Waals surface area (Å²) in [7, 11) is 0. The fraction of sp³-hybridized carbons (Fsp3) is 0.409. The first kappa shape index (κ1) is 22.0. The molecule has 1 atom stereocenters. The molecule has 9 nitrogen and oxygen atoms in total. The lowest BCUT2D eigenvalue weighted by Crippen LogP contribution is -2.44. The van der Waals surface area contributed by atoms with Gasteiger partial charge in [0.05, 0.1) is 11.6 Å². The van der Waals surface area contributed by atoms with E-state index >= 15 is 0 Å². The summed E-state index contributed by atoms with van der Waals surface area (Å²) in [6, 6.07) is 7.86. The van der Waals surface area contributed by atoms with Crippen LogP contribution in [0.4, 0.5) is 17.7 Å². The van der Waals surface area contributed by atoms with Crippen molar-refractivity contribution in [1.29, 1.82) is 0 Å². The summed E-state index contributed by atoms with van der Waals surface area (Å²) in [5.74, 6) is 2.06. The summed E-state index contributed by atoms with van der Waals surface area (Å²) >= 11 is 6.23. The second-order valence-electron chi connectivity index (χ2n) is 8.13. The molecule has 3 heterocycles. The quantitative estimate of drug-likeness (QED) is 0.537. The molecule has 0 radical (unpaired) electrons. The van der Waals surface area contributed by atoms with Crippen molar-refractivity contribution in [3.63, 3.8) is 0 Å². The second-order valence-corrected chi connectivity index (χ2v) is 8.57. The van der Waals surface area contributed by atoms with Crippen LogP contribution in [0.25, 0.3) is 10.9 Å². The van der Waals surface area contributed by atoms with Crippen molar-refractivity contribution in [3.8, 4) is 0 Å². The molecule has 0 spiro atoms. The third kappa shape index (κ3) is 4.99. The first-order valence-electron chi connectivity index (χ1n) is 10.7. The van der Waals surface area contributed by atoms with Crippen LogP contribution in [0.5, 0.6) is 0 Å². The Labute approximate surface area is 191 Å². The fourth-order valence-corrected chi connectivity index (χ4v) is 4.27. The zero-order valence-electron chi connectivity index (χ0n) is 18.4. The summed E-state index contributed by atoms with van der Waals surface area (Å²) in [5, 5.41) is 7.98. The highest BCUT2D eigenvalue weighted by atomic mass is 35.5. The zero-order chi connectivity index (χ0) is 22.8.